The van der Waals surface area contributed by atoms with Crippen LogP contribution in [-0.2, 0) is 10.5 Å². The lowest BCUT2D eigenvalue weighted by Gasteiger charge is -2.27. The predicted molar refractivity (Wildman–Crippen MR) is 78.5 cm³/mol. The number of aliphatic imine (C=N–C) groups is 1. The van der Waals surface area contributed by atoms with E-state index in [0.29, 0.717) is 11.3 Å². The molecule has 0 aromatic heterocycles. The number of nitrogens with zero attached hydrogens (tertiary/aromatic N) is 1. The number of rotatable bonds is 2. The lowest BCUT2D eigenvalue weighted by Crippen LogP contribution is -2.37. The Hall–Kier alpha value is -1.97. The zero-order valence-corrected chi connectivity index (χ0v) is 11.6. The van der Waals surface area contributed by atoms with E-state index in [-0.39, 0.29) is 0 Å². The highest BCUT2D eigenvalue weighted by Crippen LogP contribution is 2.39. The quantitative estimate of drug-likeness (QED) is 0.908. The summed E-state index contributed by atoms with van der Waals surface area (Å²) in [5.41, 5.74) is 1.35. The first-order valence-corrected chi connectivity index (χ1v) is 6.65. The minimum atomic E-state index is -1.51. The molecule has 0 saturated heterocycles. The first kappa shape index (κ1) is 13.0. The van der Waals surface area contributed by atoms with E-state index in [0.717, 1.165) is 5.56 Å². The zero-order valence-electron chi connectivity index (χ0n) is 11.6. The second kappa shape index (κ2) is 4.54. The van der Waals surface area contributed by atoms with E-state index in [4.69, 9.17) is 4.74 Å². The van der Waals surface area contributed by atoms with Crippen LogP contribution in [0, 0.1) is 0 Å². The van der Waals surface area contributed by atoms with Crippen molar-refractivity contribution in [3.63, 3.8) is 0 Å². The number of hydrogen-bond acceptors (Lipinski definition) is 3. The average molecular weight is 267 g/mol. The summed E-state index contributed by atoms with van der Waals surface area (Å²) in [6, 6.07) is 19.0. The zero-order chi connectivity index (χ0) is 14.2. The van der Waals surface area contributed by atoms with Crippen molar-refractivity contribution in [1.29, 1.82) is 0 Å². The predicted octanol–water partition coefficient (Wildman–Crippen LogP) is 3.09. The third-order valence-electron chi connectivity index (χ3n) is 3.31. The summed E-state index contributed by atoms with van der Waals surface area (Å²) in [6.07, 6.45) is 0. The fourth-order valence-corrected chi connectivity index (χ4v) is 2.49. The fraction of sp³-hybridized carbons (Fsp3) is 0.235. The standard InChI is InChI=1S/C17H17NO2/c1-16(2)18-15(13-9-5-3-6-10-13)17(19,20-16)14-11-7-4-8-12-14/h3-12,19H,1-2H3/t17-/m0/s1. The molecule has 20 heavy (non-hydrogen) atoms. The second-order valence-corrected chi connectivity index (χ2v) is 5.39. The molecule has 0 amide bonds. The maximum atomic E-state index is 11.1. The highest BCUT2D eigenvalue weighted by molar-refractivity contribution is 6.07. The molecule has 102 valence electrons. The Morgan fingerprint density at radius 1 is 0.900 bits per heavy atom. The molecule has 1 atom stereocenters. The maximum absolute atomic E-state index is 11.1. The van der Waals surface area contributed by atoms with E-state index in [2.05, 4.69) is 4.99 Å². The summed E-state index contributed by atoms with van der Waals surface area (Å²) >= 11 is 0. The van der Waals surface area contributed by atoms with Crippen LogP contribution in [0.5, 0.6) is 0 Å². The van der Waals surface area contributed by atoms with Crippen LogP contribution in [0.15, 0.2) is 65.7 Å². The van der Waals surface area contributed by atoms with Crippen LogP contribution < -0.4 is 0 Å². The van der Waals surface area contributed by atoms with E-state index in [1.54, 1.807) is 0 Å². The Morgan fingerprint density at radius 2 is 1.45 bits per heavy atom. The third kappa shape index (κ3) is 2.15. The van der Waals surface area contributed by atoms with Crippen molar-refractivity contribution >= 4 is 5.71 Å². The van der Waals surface area contributed by atoms with E-state index < -0.39 is 11.5 Å². The molecule has 1 N–H and O–H groups in total. The molecule has 0 bridgehead atoms. The minimum absolute atomic E-state index is 0.550. The first-order valence-electron chi connectivity index (χ1n) is 6.65. The summed E-state index contributed by atoms with van der Waals surface area (Å²) < 4.78 is 5.84. The van der Waals surface area contributed by atoms with Crippen molar-refractivity contribution in [2.75, 3.05) is 0 Å². The van der Waals surface area contributed by atoms with Gasteiger partial charge in [-0.2, -0.15) is 0 Å². The molecule has 2 aromatic rings. The van der Waals surface area contributed by atoms with Gasteiger partial charge in [-0.05, 0) is 13.8 Å². The van der Waals surface area contributed by atoms with Gasteiger partial charge < -0.3 is 9.84 Å². The highest BCUT2D eigenvalue weighted by Gasteiger charge is 2.48. The molecule has 0 unspecified atom stereocenters. The molecule has 0 aliphatic carbocycles. The van der Waals surface area contributed by atoms with Crippen LogP contribution in [0.25, 0.3) is 0 Å². The lowest BCUT2D eigenvalue weighted by atomic mass is 9.96. The van der Waals surface area contributed by atoms with Gasteiger partial charge in [0.15, 0.2) is 5.72 Å². The van der Waals surface area contributed by atoms with Gasteiger partial charge in [0.25, 0.3) is 0 Å². The molecular weight excluding hydrogens is 250 g/mol. The molecule has 3 rings (SSSR count). The molecule has 0 saturated carbocycles. The Bertz CT molecular complexity index is 635. The van der Waals surface area contributed by atoms with Gasteiger partial charge in [-0.15, -0.1) is 0 Å². The minimum Gasteiger partial charge on any atom is -0.357 e. The first-order chi connectivity index (χ1) is 9.51. The molecule has 3 nitrogen and oxygen atoms in total. The van der Waals surface area contributed by atoms with Crippen molar-refractivity contribution in [2.24, 2.45) is 4.99 Å². The van der Waals surface area contributed by atoms with Crippen molar-refractivity contribution in [3.05, 3.63) is 71.8 Å². The Morgan fingerprint density at radius 3 is 2.05 bits per heavy atom. The molecule has 1 aliphatic rings. The Balaban J connectivity index is 2.14. The van der Waals surface area contributed by atoms with Crippen LogP contribution >= 0.6 is 0 Å². The second-order valence-electron chi connectivity index (χ2n) is 5.39. The largest absolute Gasteiger partial charge is 0.357 e. The summed E-state index contributed by atoms with van der Waals surface area (Å²) in [5.74, 6) is -1.51. The summed E-state index contributed by atoms with van der Waals surface area (Å²) in [5, 5.41) is 11.1. The molecule has 1 heterocycles. The average Bonchev–Trinajstić information content (AvgIpc) is 2.72. The molecule has 0 fully saturated rings. The summed E-state index contributed by atoms with van der Waals surface area (Å²) in [6.45, 7) is 3.69. The maximum Gasteiger partial charge on any atom is 0.239 e. The van der Waals surface area contributed by atoms with Crippen molar-refractivity contribution in [3.8, 4) is 0 Å². The van der Waals surface area contributed by atoms with E-state index in [1.165, 1.54) is 0 Å². The molecule has 0 spiro atoms. The summed E-state index contributed by atoms with van der Waals surface area (Å²) in [4.78, 5) is 4.56. The van der Waals surface area contributed by atoms with Crippen molar-refractivity contribution in [1.82, 2.24) is 0 Å². The van der Waals surface area contributed by atoms with Gasteiger partial charge in [0.2, 0.25) is 5.79 Å². The number of hydrogen-bond donors (Lipinski definition) is 1. The van der Waals surface area contributed by atoms with Crippen LogP contribution in [0.1, 0.15) is 25.0 Å². The Kier molecular flexibility index (Phi) is 2.96. The fourth-order valence-electron chi connectivity index (χ4n) is 2.49. The molecule has 3 heteroatoms. The van der Waals surface area contributed by atoms with Crippen molar-refractivity contribution in [2.45, 2.75) is 25.4 Å². The summed E-state index contributed by atoms with van der Waals surface area (Å²) in [7, 11) is 0. The SMILES string of the molecule is CC1(C)N=C(c2ccccc2)[C@](O)(c2ccccc2)O1. The van der Waals surface area contributed by atoms with Crippen LogP contribution in [0.2, 0.25) is 0 Å². The van der Waals surface area contributed by atoms with Crippen LogP contribution in [-0.4, -0.2) is 16.5 Å². The number of benzene rings is 2. The van der Waals surface area contributed by atoms with E-state index in [9.17, 15) is 5.11 Å². The van der Waals surface area contributed by atoms with Gasteiger partial charge in [0.1, 0.15) is 5.71 Å². The van der Waals surface area contributed by atoms with Crippen LogP contribution in [0.4, 0.5) is 0 Å². The van der Waals surface area contributed by atoms with Gasteiger partial charge in [-0.1, -0.05) is 60.7 Å². The van der Waals surface area contributed by atoms with Gasteiger partial charge in [-0.3, -0.25) is 0 Å². The number of aliphatic hydroxyl groups is 1. The normalized spacial score (nSPS) is 24.4. The smallest absolute Gasteiger partial charge is 0.239 e. The van der Waals surface area contributed by atoms with Gasteiger partial charge in [-0.25, -0.2) is 4.99 Å². The van der Waals surface area contributed by atoms with Gasteiger partial charge >= 0.3 is 0 Å². The molecule has 1 aliphatic heterocycles. The molecule has 0 radical (unpaired) electrons. The van der Waals surface area contributed by atoms with E-state index >= 15 is 0 Å². The van der Waals surface area contributed by atoms with Gasteiger partial charge in [0, 0.05) is 11.1 Å². The highest BCUT2D eigenvalue weighted by atomic mass is 16.7. The Labute approximate surface area is 118 Å². The molecule has 2 aromatic carbocycles. The monoisotopic (exact) mass is 267 g/mol. The van der Waals surface area contributed by atoms with Gasteiger partial charge in [0.05, 0.1) is 0 Å². The third-order valence-corrected chi connectivity index (χ3v) is 3.31. The van der Waals surface area contributed by atoms with Crippen LogP contribution in [0.3, 0.4) is 0 Å². The lowest BCUT2D eigenvalue weighted by molar-refractivity contribution is -0.200. The van der Waals surface area contributed by atoms with E-state index in [1.807, 2.05) is 74.5 Å². The van der Waals surface area contributed by atoms with Crippen molar-refractivity contribution < 1.29 is 9.84 Å². The topological polar surface area (TPSA) is 41.8 Å². The molecular formula is C17H17NO2. The number of ether oxygens (including phenoxy) is 1.